The van der Waals surface area contributed by atoms with Crippen molar-refractivity contribution in [1.29, 1.82) is 0 Å². The molecule has 0 radical (unpaired) electrons. The standard InChI is InChI=1S/C18H25N3OS2/c1-4-18(3)10-12-13(11-22-18)24-16-14(12)15(21-8-6-7-9-21)19-17(20-16)23-5-2/h4-11H2,1-3H3/t18-/m0/s1. The number of thiophene rings is 1. The van der Waals surface area contributed by atoms with Crippen molar-refractivity contribution in [3.05, 3.63) is 10.4 Å². The van der Waals surface area contributed by atoms with Crippen molar-refractivity contribution in [3.8, 4) is 0 Å². The fourth-order valence-electron chi connectivity index (χ4n) is 3.61. The van der Waals surface area contributed by atoms with Crippen molar-refractivity contribution < 1.29 is 4.74 Å². The Morgan fingerprint density at radius 3 is 2.75 bits per heavy atom. The lowest BCUT2D eigenvalue weighted by atomic mass is 9.90. The molecule has 1 atom stereocenters. The van der Waals surface area contributed by atoms with Gasteiger partial charge in [0.1, 0.15) is 10.6 Å². The van der Waals surface area contributed by atoms with Gasteiger partial charge < -0.3 is 9.64 Å². The first-order chi connectivity index (χ1) is 11.6. The van der Waals surface area contributed by atoms with Crippen LogP contribution in [0.4, 0.5) is 5.82 Å². The first-order valence-electron chi connectivity index (χ1n) is 8.97. The van der Waals surface area contributed by atoms with E-state index >= 15 is 0 Å². The van der Waals surface area contributed by atoms with Gasteiger partial charge in [0, 0.05) is 24.4 Å². The molecule has 2 aliphatic heterocycles. The number of hydrogen-bond donors (Lipinski definition) is 0. The van der Waals surface area contributed by atoms with E-state index in [2.05, 4.69) is 25.7 Å². The minimum atomic E-state index is -0.0554. The molecule has 0 aromatic carbocycles. The highest BCUT2D eigenvalue weighted by Gasteiger charge is 2.34. The SMILES string of the molecule is CCSc1nc(N2CCCC2)c2c3c(sc2n1)CO[C@@](C)(CC)C3. The van der Waals surface area contributed by atoms with Gasteiger partial charge in [0.05, 0.1) is 17.6 Å². The van der Waals surface area contributed by atoms with Gasteiger partial charge in [-0.2, -0.15) is 0 Å². The summed E-state index contributed by atoms with van der Waals surface area (Å²) < 4.78 is 6.16. The zero-order chi connectivity index (χ0) is 16.7. The second-order valence-corrected chi connectivity index (χ2v) is 9.22. The molecule has 1 fully saturated rings. The number of thioether (sulfide) groups is 1. The van der Waals surface area contributed by atoms with Gasteiger partial charge in [-0.1, -0.05) is 25.6 Å². The third-order valence-electron chi connectivity index (χ3n) is 5.22. The largest absolute Gasteiger partial charge is 0.369 e. The molecule has 2 aromatic heterocycles. The molecule has 0 N–H and O–H groups in total. The van der Waals surface area contributed by atoms with Crippen molar-refractivity contribution in [2.24, 2.45) is 0 Å². The molecule has 2 aromatic rings. The van der Waals surface area contributed by atoms with Crippen LogP contribution in [0.2, 0.25) is 0 Å². The Morgan fingerprint density at radius 1 is 1.25 bits per heavy atom. The van der Waals surface area contributed by atoms with Crippen LogP contribution in [0.5, 0.6) is 0 Å². The van der Waals surface area contributed by atoms with Gasteiger partial charge in [-0.05, 0) is 37.5 Å². The number of nitrogens with zero attached hydrogens (tertiary/aromatic N) is 3. The molecule has 24 heavy (non-hydrogen) atoms. The van der Waals surface area contributed by atoms with Crippen LogP contribution in [0.25, 0.3) is 10.2 Å². The van der Waals surface area contributed by atoms with Gasteiger partial charge in [-0.25, -0.2) is 9.97 Å². The molecule has 4 rings (SSSR count). The number of aromatic nitrogens is 2. The molecule has 0 unspecified atom stereocenters. The van der Waals surface area contributed by atoms with Crippen molar-refractivity contribution in [1.82, 2.24) is 9.97 Å². The van der Waals surface area contributed by atoms with Crippen LogP contribution in [0.1, 0.15) is 50.5 Å². The normalized spacial score (nSPS) is 23.9. The van der Waals surface area contributed by atoms with E-state index in [0.717, 1.165) is 48.3 Å². The summed E-state index contributed by atoms with van der Waals surface area (Å²) >= 11 is 3.55. The Morgan fingerprint density at radius 2 is 2.04 bits per heavy atom. The summed E-state index contributed by atoms with van der Waals surface area (Å²) in [6.07, 6.45) is 4.55. The van der Waals surface area contributed by atoms with Crippen LogP contribution < -0.4 is 4.90 Å². The molecule has 4 nitrogen and oxygen atoms in total. The first kappa shape index (κ1) is 16.6. The topological polar surface area (TPSA) is 38.2 Å². The predicted octanol–water partition coefficient (Wildman–Crippen LogP) is 4.64. The van der Waals surface area contributed by atoms with Crippen molar-refractivity contribution in [3.63, 3.8) is 0 Å². The Labute approximate surface area is 152 Å². The highest BCUT2D eigenvalue weighted by atomic mass is 32.2. The molecular formula is C18H25N3OS2. The molecule has 6 heteroatoms. The van der Waals surface area contributed by atoms with Crippen LogP contribution in [0.15, 0.2) is 5.16 Å². The van der Waals surface area contributed by atoms with E-state index in [9.17, 15) is 0 Å². The molecule has 2 aliphatic rings. The minimum Gasteiger partial charge on any atom is -0.369 e. The van der Waals surface area contributed by atoms with Crippen LogP contribution in [-0.4, -0.2) is 34.4 Å². The Balaban J connectivity index is 1.88. The van der Waals surface area contributed by atoms with E-state index in [1.165, 1.54) is 34.5 Å². The van der Waals surface area contributed by atoms with E-state index in [-0.39, 0.29) is 5.60 Å². The van der Waals surface area contributed by atoms with Gasteiger partial charge in [0.2, 0.25) is 0 Å². The predicted molar refractivity (Wildman–Crippen MR) is 102 cm³/mol. The highest BCUT2D eigenvalue weighted by Crippen LogP contribution is 2.43. The minimum absolute atomic E-state index is 0.0554. The molecular weight excluding hydrogens is 338 g/mol. The lowest BCUT2D eigenvalue weighted by Gasteiger charge is -2.33. The summed E-state index contributed by atoms with van der Waals surface area (Å²) in [5.41, 5.74) is 1.39. The molecule has 0 bridgehead atoms. The zero-order valence-corrected chi connectivity index (χ0v) is 16.4. The van der Waals surface area contributed by atoms with Gasteiger partial charge in [-0.15, -0.1) is 11.3 Å². The second kappa shape index (κ2) is 6.46. The molecule has 0 saturated carbocycles. The maximum Gasteiger partial charge on any atom is 0.190 e. The van der Waals surface area contributed by atoms with Crippen LogP contribution >= 0.6 is 23.1 Å². The average molecular weight is 364 g/mol. The first-order valence-corrected chi connectivity index (χ1v) is 10.8. The third kappa shape index (κ3) is 2.82. The van der Waals surface area contributed by atoms with Crippen LogP contribution in [0, 0.1) is 0 Å². The van der Waals surface area contributed by atoms with Gasteiger partial charge >= 0.3 is 0 Å². The Bertz CT molecular complexity index is 754. The van der Waals surface area contributed by atoms with Crippen molar-refractivity contribution >= 4 is 39.1 Å². The number of ether oxygens (including phenoxy) is 1. The van der Waals surface area contributed by atoms with E-state index in [0.29, 0.717) is 0 Å². The molecule has 0 aliphatic carbocycles. The summed E-state index contributed by atoms with van der Waals surface area (Å²) in [6.45, 7) is 9.57. The smallest absolute Gasteiger partial charge is 0.190 e. The van der Waals surface area contributed by atoms with Gasteiger partial charge in [-0.3, -0.25) is 0 Å². The summed E-state index contributed by atoms with van der Waals surface area (Å²) in [5.74, 6) is 2.18. The van der Waals surface area contributed by atoms with Crippen molar-refractivity contribution in [2.45, 2.75) is 63.8 Å². The zero-order valence-electron chi connectivity index (χ0n) is 14.7. The summed E-state index contributed by atoms with van der Waals surface area (Å²) in [4.78, 5) is 14.8. The maximum absolute atomic E-state index is 6.16. The fraction of sp³-hybridized carbons (Fsp3) is 0.667. The van der Waals surface area contributed by atoms with E-state index in [4.69, 9.17) is 14.7 Å². The Hall–Kier alpha value is -0.850. The van der Waals surface area contributed by atoms with Crippen molar-refractivity contribution in [2.75, 3.05) is 23.7 Å². The lowest BCUT2D eigenvalue weighted by molar-refractivity contribution is -0.0542. The monoisotopic (exact) mass is 363 g/mol. The summed E-state index contributed by atoms with van der Waals surface area (Å²) in [7, 11) is 0. The molecule has 0 spiro atoms. The lowest BCUT2D eigenvalue weighted by Crippen LogP contribution is -2.34. The summed E-state index contributed by atoms with van der Waals surface area (Å²) in [5, 5.41) is 2.23. The highest BCUT2D eigenvalue weighted by molar-refractivity contribution is 7.99. The van der Waals surface area contributed by atoms with Gasteiger partial charge in [0.25, 0.3) is 0 Å². The van der Waals surface area contributed by atoms with E-state index in [1.807, 2.05) is 11.3 Å². The fourth-order valence-corrected chi connectivity index (χ4v) is 5.33. The van der Waals surface area contributed by atoms with Crippen LogP contribution in [-0.2, 0) is 17.8 Å². The number of hydrogen-bond acceptors (Lipinski definition) is 6. The molecule has 4 heterocycles. The summed E-state index contributed by atoms with van der Waals surface area (Å²) in [6, 6.07) is 0. The number of fused-ring (bicyclic) bond motifs is 3. The average Bonchev–Trinajstić information content (AvgIpc) is 3.22. The maximum atomic E-state index is 6.16. The molecule has 0 amide bonds. The van der Waals surface area contributed by atoms with E-state index < -0.39 is 0 Å². The second-order valence-electron chi connectivity index (χ2n) is 6.91. The Kier molecular flexibility index (Phi) is 4.47. The van der Waals surface area contributed by atoms with Gasteiger partial charge in [0.15, 0.2) is 5.16 Å². The number of anilines is 1. The third-order valence-corrected chi connectivity index (χ3v) is 7.05. The van der Waals surface area contributed by atoms with E-state index in [1.54, 1.807) is 11.8 Å². The number of rotatable bonds is 4. The van der Waals surface area contributed by atoms with Crippen LogP contribution in [0.3, 0.4) is 0 Å². The molecule has 1 saturated heterocycles. The quantitative estimate of drug-likeness (QED) is 0.584. The molecule has 130 valence electrons.